The predicted octanol–water partition coefficient (Wildman–Crippen LogP) is 5.57. The molecule has 0 N–H and O–H groups in total. The molecule has 31 heavy (non-hydrogen) atoms. The number of aromatic nitrogens is 2. The molecule has 0 amide bonds. The van der Waals surface area contributed by atoms with E-state index in [2.05, 4.69) is 16.5 Å². The van der Waals surface area contributed by atoms with E-state index in [1.165, 1.54) is 6.07 Å². The molecule has 5 rings (SSSR count). The van der Waals surface area contributed by atoms with Crippen LogP contribution in [0.5, 0.6) is 17.2 Å². The highest BCUT2D eigenvalue weighted by atomic mass is 35.5. The van der Waals surface area contributed by atoms with Crippen molar-refractivity contribution in [1.29, 1.82) is 0 Å². The van der Waals surface area contributed by atoms with E-state index in [0.29, 0.717) is 13.2 Å². The summed E-state index contributed by atoms with van der Waals surface area (Å²) in [7, 11) is 0. The summed E-state index contributed by atoms with van der Waals surface area (Å²) in [6, 6.07) is 14.3. The van der Waals surface area contributed by atoms with Gasteiger partial charge in [-0.3, -0.25) is 4.98 Å². The number of hydrogen-bond acceptors (Lipinski definition) is 4. The molecular formula is C24H22ClFN2O3. The number of halogens is 2. The third kappa shape index (κ3) is 3.91. The van der Waals surface area contributed by atoms with Crippen molar-refractivity contribution < 1.29 is 18.6 Å². The number of benzene rings is 2. The van der Waals surface area contributed by atoms with Crippen molar-refractivity contribution in [2.24, 2.45) is 0 Å². The minimum atomic E-state index is -0.240. The lowest BCUT2D eigenvalue weighted by Crippen LogP contribution is -2.04. The van der Waals surface area contributed by atoms with E-state index in [0.717, 1.165) is 50.7 Å². The SMILES string of the molecule is Cc1c(C)n(Cc2cccc(F)c2)c2c(OCc3ccc4c(c3)OCO4)ccnc12.Cl. The van der Waals surface area contributed by atoms with E-state index in [1.807, 2.05) is 37.3 Å². The van der Waals surface area contributed by atoms with Crippen molar-refractivity contribution in [2.75, 3.05) is 6.79 Å². The molecule has 0 radical (unpaired) electrons. The maximum Gasteiger partial charge on any atom is 0.231 e. The lowest BCUT2D eigenvalue weighted by Gasteiger charge is -2.13. The molecular weight excluding hydrogens is 419 g/mol. The Morgan fingerprint density at radius 3 is 2.71 bits per heavy atom. The molecule has 4 aromatic rings. The molecule has 1 aliphatic rings. The monoisotopic (exact) mass is 440 g/mol. The molecule has 1 aliphatic heterocycles. The Kier molecular flexibility index (Phi) is 5.74. The van der Waals surface area contributed by atoms with Crippen molar-refractivity contribution >= 4 is 23.4 Å². The quantitative estimate of drug-likeness (QED) is 0.407. The maximum absolute atomic E-state index is 13.7. The van der Waals surface area contributed by atoms with E-state index in [9.17, 15) is 4.39 Å². The summed E-state index contributed by atoms with van der Waals surface area (Å²) in [6.45, 7) is 5.28. The first-order valence-corrected chi connectivity index (χ1v) is 9.80. The molecule has 0 unspecified atom stereocenters. The molecule has 0 aliphatic carbocycles. The van der Waals surface area contributed by atoms with Crippen LogP contribution >= 0.6 is 12.4 Å². The van der Waals surface area contributed by atoms with Crippen LogP contribution in [0.2, 0.25) is 0 Å². The maximum atomic E-state index is 13.7. The highest BCUT2D eigenvalue weighted by Gasteiger charge is 2.18. The number of nitrogens with zero attached hydrogens (tertiary/aromatic N) is 2. The van der Waals surface area contributed by atoms with Gasteiger partial charge in [-0.1, -0.05) is 18.2 Å². The minimum absolute atomic E-state index is 0. The molecule has 3 heterocycles. The van der Waals surface area contributed by atoms with E-state index in [1.54, 1.807) is 18.3 Å². The van der Waals surface area contributed by atoms with Gasteiger partial charge >= 0.3 is 0 Å². The Balaban J connectivity index is 0.00000231. The Morgan fingerprint density at radius 2 is 1.87 bits per heavy atom. The molecule has 0 spiro atoms. The lowest BCUT2D eigenvalue weighted by atomic mass is 10.2. The highest BCUT2D eigenvalue weighted by molar-refractivity contribution is 5.86. The topological polar surface area (TPSA) is 45.5 Å². The molecule has 2 aromatic carbocycles. The van der Waals surface area contributed by atoms with Gasteiger partial charge in [0.25, 0.3) is 0 Å². The second-order valence-electron chi connectivity index (χ2n) is 7.41. The number of aryl methyl sites for hydroxylation is 1. The average Bonchev–Trinajstić information content (AvgIpc) is 3.31. The van der Waals surface area contributed by atoms with Gasteiger partial charge in [-0.15, -0.1) is 12.4 Å². The van der Waals surface area contributed by atoms with Crippen LogP contribution in [0.1, 0.15) is 22.4 Å². The molecule has 0 bridgehead atoms. The van der Waals surface area contributed by atoms with E-state index in [4.69, 9.17) is 14.2 Å². The molecule has 7 heteroatoms. The van der Waals surface area contributed by atoms with Crippen LogP contribution in [0, 0.1) is 19.7 Å². The molecule has 0 saturated heterocycles. The third-order valence-electron chi connectivity index (χ3n) is 5.52. The summed E-state index contributed by atoms with van der Waals surface area (Å²) >= 11 is 0. The van der Waals surface area contributed by atoms with E-state index >= 15 is 0 Å². The van der Waals surface area contributed by atoms with Crippen molar-refractivity contribution in [2.45, 2.75) is 27.0 Å². The van der Waals surface area contributed by atoms with Crippen LogP contribution in [0.25, 0.3) is 11.0 Å². The van der Waals surface area contributed by atoms with Gasteiger partial charge < -0.3 is 18.8 Å². The zero-order valence-corrected chi connectivity index (χ0v) is 18.0. The van der Waals surface area contributed by atoms with Gasteiger partial charge in [-0.25, -0.2) is 4.39 Å². The van der Waals surface area contributed by atoms with Crippen LogP contribution in [-0.4, -0.2) is 16.3 Å². The fraction of sp³-hybridized carbons (Fsp3) is 0.208. The normalized spacial score (nSPS) is 12.1. The number of ether oxygens (including phenoxy) is 3. The zero-order chi connectivity index (χ0) is 20.7. The molecule has 0 fully saturated rings. The van der Waals surface area contributed by atoms with Crippen molar-refractivity contribution in [3.05, 3.63) is 82.9 Å². The standard InChI is InChI=1S/C24H21FN2O3.ClH/c1-15-16(2)27(12-17-4-3-5-19(25)10-17)24-21(8-9-26-23(15)24)28-13-18-6-7-20-22(11-18)30-14-29-20;/h3-11H,12-14H2,1-2H3;1H. The lowest BCUT2D eigenvalue weighted by molar-refractivity contribution is 0.174. The minimum Gasteiger partial charge on any atom is -0.487 e. The Bertz CT molecular complexity index is 1260. The molecule has 0 saturated carbocycles. The number of pyridine rings is 1. The van der Waals surface area contributed by atoms with Crippen LogP contribution in [-0.2, 0) is 13.2 Å². The summed E-state index contributed by atoms with van der Waals surface area (Å²) < 4.78 is 32.9. The first kappa shape index (κ1) is 21.0. The van der Waals surface area contributed by atoms with Crippen molar-refractivity contribution in [1.82, 2.24) is 9.55 Å². The zero-order valence-electron chi connectivity index (χ0n) is 17.2. The van der Waals surface area contributed by atoms with Crippen molar-refractivity contribution in [3.63, 3.8) is 0 Å². The van der Waals surface area contributed by atoms with Gasteiger partial charge in [-0.05, 0) is 54.8 Å². The van der Waals surface area contributed by atoms with Crippen LogP contribution in [0.4, 0.5) is 4.39 Å². The second kappa shape index (κ2) is 8.47. The van der Waals surface area contributed by atoms with Gasteiger partial charge in [0.2, 0.25) is 6.79 Å². The Labute approximate surface area is 185 Å². The molecule has 0 atom stereocenters. The molecule has 2 aromatic heterocycles. The van der Waals surface area contributed by atoms with Gasteiger partial charge in [0.1, 0.15) is 23.7 Å². The summed E-state index contributed by atoms with van der Waals surface area (Å²) in [5.74, 6) is 1.98. The fourth-order valence-corrected chi connectivity index (χ4v) is 3.84. The van der Waals surface area contributed by atoms with Gasteiger partial charge in [-0.2, -0.15) is 0 Å². The summed E-state index contributed by atoms with van der Waals surface area (Å²) in [5.41, 5.74) is 5.86. The van der Waals surface area contributed by atoms with Gasteiger partial charge in [0.15, 0.2) is 11.5 Å². The van der Waals surface area contributed by atoms with E-state index < -0.39 is 0 Å². The van der Waals surface area contributed by atoms with Crippen LogP contribution < -0.4 is 14.2 Å². The molecule has 5 nitrogen and oxygen atoms in total. The Hall–Kier alpha value is -3.25. The van der Waals surface area contributed by atoms with Crippen LogP contribution in [0.15, 0.2) is 54.7 Å². The van der Waals surface area contributed by atoms with Gasteiger partial charge in [0.05, 0.1) is 5.52 Å². The third-order valence-corrected chi connectivity index (χ3v) is 5.52. The van der Waals surface area contributed by atoms with E-state index in [-0.39, 0.29) is 25.0 Å². The predicted molar refractivity (Wildman–Crippen MR) is 119 cm³/mol. The summed E-state index contributed by atoms with van der Waals surface area (Å²) in [6.07, 6.45) is 1.76. The fourth-order valence-electron chi connectivity index (χ4n) is 3.84. The van der Waals surface area contributed by atoms with Gasteiger partial charge in [0, 0.05) is 24.5 Å². The number of fused-ring (bicyclic) bond motifs is 2. The highest BCUT2D eigenvalue weighted by Crippen LogP contribution is 2.34. The number of hydrogen-bond donors (Lipinski definition) is 0. The first-order chi connectivity index (χ1) is 14.6. The molecule has 160 valence electrons. The Morgan fingerprint density at radius 1 is 1.03 bits per heavy atom. The summed E-state index contributed by atoms with van der Waals surface area (Å²) in [5, 5.41) is 0. The smallest absolute Gasteiger partial charge is 0.231 e. The largest absolute Gasteiger partial charge is 0.487 e. The first-order valence-electron chi connectivity index (χ1n) is 9.80. The number of rotatable bonds is 5. The summed E-state index contributed by atoms with van der Waals surface area (Å²) in [4.78, 5) is 4.57. The van der Waals surface area contributed by atoms with Crippen molar-refractivity contribution in [3.8, 4) is 17.2 Å². The van der Waals surface area contributed by atoms with Crippen LogP contribution in [0.3, 0.4) is 0 Å². The second-order valence-corrected chi connectivity index (χ2v) is 7.41. The average molecular weight is 441 g/mol.